The Labute approximate surface area is 89.1 Å². The number of aryl methyl sites for hydroxylation is 1. The van der Waals surface area contributed by atoms with Crippen LogP contribution in [0.25, 0.3) is 0 Å². The van der Waals surface area contributed by atoms with Crippen LogP contribution in [0.5, 0.6) is 0 Å². The Bertz CT molecular complexity index is 493. The van der Waals surface area contributed by atoms with Gasteiger partial charge >= 0.3 is 11.9 Å². The number of hydrogen-bond donors (Lipinski definition) is 2. The fourth-order valence-electron chi connectivity index (χ4n) is 1.25. The van der Waals surface area contributed by atoms with E-state index in [0.29, 0.717) is 0 Å². The first kappa shape index (κ1) is 11.6. The lowest BCUT2D eigenvalue weighted by molar-refractivity contribution is -0.385. The summed E-state index contributed by atoms with van der Waals surface area (Å²) in [5, 5.41) is 28.0. The summed E-state index contributed by atoms with van der Waals surface area (Å²) in [5.74, 6) is -2.95. The number of benzene rings is 1. The van der Waals surface area contributed by atoms with Gasteiger partial charge in [0.05, 0.1) is 16.1 Å². The van der Waals surface area contributed by atoms with Crippen molar-refractivity contribution in [2.45, 2.75) is 6.92 Å². The van der Waals surface area contributed by atoms with E-state index >= 15 is 0 Å². The zero-order valence-electron chi connectivity index (χ0n) is 8.13. The molecule has 1 aromatic carbocycles. The highest BCUT2D eigenvalue weighted by atomic mass is 16.6. The van der Waals surface area contributed by atoms with Crippen molar-refractivity contribution in [3.63, 3.8) is 0 Å². The van der Waals surface area contributed by atoms with Gasteiger partial charge in [0.25, 0.3) is 5.69 Å². The van der Waals surface area contributed by atoms with Gasteiger partial charge in [-0.2, -0.15) is 0 Å². The molecule has 0 aliphatic heterocycles. The normalized spacial score (nSPS) is 9.81. The van der Waals surface area contributed by atoms with Crippen LogP contribution in [0.2, 0.25) is 0 Å². The molecule has 84 valence electrons. The third kappa shape index (κ3) is 1.97. The lowest BCUT2D eigenvalue weighted by atomic mass is 10.0. The number of nitro groups is 1. The van der Waals surface area contributed by atoms with Gasteiger partial charge in [-0.15, -0.1) is 0 Å². The second kappa shape index (κ2) is 3.97. The molecule has 7 heteroatoms. The van der Waals surface area contributed by atoms with E-state index in [-0.39, 0.29) is 5.56 Å². The Morgan fingerprint density at radius 3 is 2.00 bits per heavy atom. The smallest absolute Gasteiger partial charge is 0.336 e. The Hall–Kier alpha value is -2.44. The summed E-state index contributed by atoms with van der Waals surface area (Å²) in [6, 6.07) is 1.73. The Morgan fingerprint density at radius 1 is 1.19 bits per heavy atom. The van der Waals surface area contributed by atoms with Crippen LogP contribution in [0.1, 0.15) is 26.3 Å². The van der Waals surface area contributed by atoms with Crippen LogP contribution >= 0.6 is 0 Å². The van der Waals surface area contributed by atoms with Crippen LogP contribution in [0.3, 0.4) is 0 Å². The number of carbonyl (C=O) groups is 2. The Kier molecular flexibility index (Phi) is 2.89. The maximum Gasteiger partial charge on any atom is 0.336 e. The summed E-state index contributed by atoms with van der Waals surface area (Å²) in [6.45, 7) is 1.34. The van der Waals surface area contributed by atoms with Gasteiger partial charge in [0, 0.05) is 11.6 Å². The van der Waals surface area contributed by atoms with E-state index in [9.17, 15) is 19.7 Å². The van der Waals surface area contributed by atoms with Gasteiger partial charge < -0.3 is 10.2 Å². The molecule has 16 heavy (non-hydrogen) atoms. The molecule has 1 aromatic rings. The second-order valence-electron chi connectivity index (χ2n) is 3.05. The minimum Gasteiger partial charge on any atom is -0.478 e. The Morgan fingerprint density at radius 2 is 1.62 bits per heavy atom. The highest BCUT2D eigenvalue weighted by molar-refractivity contribution is 6.02. The van der Waals surface area contributed by atoms with Crippen LogP contribution in [0.4, 0.5) is 5.69 Å². The molecule has 0 saturated carbocycles. The first-order chi connectivity index (χ1) is 7.34. The lowest BCUT2D eigenvalue weighted by Gasteiger charge is -2.03. The fourth-order valence-corrected chi connectivity index (χ4v) is 1.25. The molecular formula is C9H7NO6. The zero-order chi connectivity index (χ0) is 12.5. The number of rotatable bonds is 3. The van der Waals surface area contributed by atoms with Crippen LogP contribution in [0, 0.1) is 17.0 Å². The van der Waals surface area contributed by atoms with Crippen LogP contribution in [-0.2, 0) is 0 Å². The zero-order valence-corrected chi connectivity index (χ0v) is 8.13. The summed E-state index contributed by atoms with van der Waals surface area (Å²) in [6.07, 6.45) is 0. The van der Waals surface area contributed by atoms with Crippen molar-refractivity contribution in [3.05, 3.63) is 38.9 Å². The number of hydrogen-bond acceptors (Lipinski definition) is 4. The van der Waals surface area contributed by atoms with Crippen molar-refractivity contribution in [2.75, 3.05) is 0 Å². The first-order valence-electron chi connectivity index (χ1n) is 4.10. The topological polar surface area (TPSA) is 118 Å². The molecule has 0 unspecified atom stereocenters. The molecule has 0 saturated heterocycles. The van der Waals surface area contributed by atoms with Crippen molar-refractivity contribution >= 4 is 17.6 Å². The van der Waals surface area contributed by atoms with Crippen molar-refractivity contribution in [2.24, 2.45) is 0 Å². The molecule has 1 rings (SSSR count). The highest BCUT2D eigenvalue weighted by Crippen LogP contribution is 2.23. The predicted molar refractivity (Wildman–Crippen MR) is 51.8 cm³/mol. The van der Waals surface area contributed by atoms with E-state index in [4.69, 9.17) is 10.2 Å². The minimum absolute atomic E-state index is 0.104. The largest absolute Gasteiger partial charge is 0.478 e. The Balaban J connectivity index is 3.55. The van der Waals surface area contributed by atoms with Gasteiger partial charge in [-0.1, -0.05) is 0 Å². The van der Waals surface area contributed by atoms with Gasteiger partial charge in [0.2, 0.25) is 0 Å². The van der Waals surface area contributed by atoms with Crippen molar-refractivity contribution in [1.29, 1.82) is 0 Å². The van der Waals surface area contributed by atoms with E-state index in [1.807, 2.05) is 0 Å². The highest BCUT2D eigenvalue weighted by Gasteiger charge is 2.22. The molecular weight excluding hydrogens is 218 g/mol. The fraction of sp³-hybridized carbons (Fsp3) is 0.111. The molecule has 0 bridgehead atoms. The quantitative estimate of drug-likeness (QED) is 0.591. The molecule has 0 spiro atoms. The van der Waals surface area contributed by atoms with Crippen molar-refractivity contribution in [1.82, 2.24) is 0 Å². The predicted octanol–water partition coefficient (Wildman–Crippen LogP) is 1.30. The second-order valence-corrected chi connectivity index (χ2v) is 3.05. The van der Waals surface area contributed by atoms with Crippen molar-refractivity contribution in [3.8, 4) is 0 Å². The monoisotopic (exact) mass is 225 g/mol. The molecule has 0 aromatic heterocycles. The van der Waals surface area contributed by atoms with Crippen LogP contribution in [0.15, 0.2) is 12.1 Å². The number of aromatic carboxylic acids is 2. The van der Waals surface area contributed by atoms with E-state index in [2.05, 4.69) is 0 Å². The summed E-state index contributed by atoms with van der Waals surface area (Å²) >= 11 is 0. The van der Waals surface area contributed by atoms with Gasteiger partial charge in [-0.3, -0.25) is 10.1 Å². The standard InChI is InChI=1S/C9H7NO6/c1-4-2-5(8(11)12)6(9(13)14)3-7(4)10(15)16/h2-3H,1H3,(H,11,12)(H,13,14). The maximum absolute atomic E-state index is 10.7. The molecule has 0 atom stereocenters. The number of carboxylic acids is 2. The van der Waals surface area contributed by atoms with E-state index in [0.717, 1.165) is 12.1 Å². The molecule has 0 aliphatic rings. The van der Waals surface area contributed by atoms with Crippen LogP contribution < -0.4 is 0 Å². The average molecular weight is 225 g/mol. The van der Waals surface area contributed by atoms with E-state index in [1.54, 1.807) is 0 Å². The summed E-state index contributed by atoms with van der Waals surface area (Å²) in [7, 11) is 0. The number of carboxylic acid groups (broad SMARTS) is 2. The SMILES string of the molecule is Cc1cc(C(=O)O)c(C(=O)O)cc1[N+](=O)[O-]. The average Bonchev–Trinajstić information content (AvgIpc) is 2.15. The van der Waals surface area contributed by atoms with Gasteiger partial charge in [-0.25, -0.2) is 9.59 Å². The van der Waals surface area contributed by atoms with Gasteiger partial charge in [0.1, 0.15) is 0 Å². The third-order valence-electron chi connectivity index (χ3n) is 1.99. The first-order valence-corrected chi connectivity index (χ1v) is 4.10. The molecule has 0 amide bonds. The molecule has 0 radical (unpaired) electrons. The van der Waals surface area contributed by atoms with E-state index in [1.165, 1.54) is 6.92 Å². The third-order valence-corrected chi connectivity index (χ3v) is 1.99. The molecule has 0 heterocycles. The molecule has 0 aliphatic carbocycles. The summed E-state index contributed by atoms with van der Waals surface area (Å²) < 4.78 is 0. The molecule has 2 N–H and O–H groups in total. The van der Waals surface area contributed by atoms with E-state index < -0.39 is 33.7 Å². The number of nitrogens with zero attached hydrogens (tertiary/aromatic N) is 1. The summed E-state index contributed by atoms with van der Waals surface area (Å²) in [5.41, 5.74) is -1.37. The molecule has 0 fully saturated rings. The van der Waals surface area contributed by atoms with Gasteiger partial charge in [0.15, 0.2) is 0 Å². The summed E-state index contributed by atoms with van der Waals surface area (Å²) in [4.78, 5) is 31.2. The maximum atomic E-state index is 10.7. The molecule has 7 nitrogen and oxygen atoms in total. The van der Waals surface area contributed by atoms with Gasteiger partial charge in [-0.05, 0) is 13.0 Å². The van der Waals surface area contributed by atoms with Crippen molar-refractivity contribution < 1.29 is 24.7 Å². The lowest BCUT2D eigenvalue weighted by Crippen LogP contribution is -2.09. The van der Waals surface area contributed by atoms with Crippen LogP contribution in [-0.4, -0.2) is 27.1 Å². The number of nitro benzene ring substituents is 1. The minimum atomic E-state index is -1.51.